The van der Waals surface area contributed by atoms with Crippen molar-refractivity contribution in [1.29, 1.82) is 0 Å². The molecule has 0 radical (unpaired) electrons. The molecule has 1 N–H and O–H groups in total. The predicted octanol–water partition coefficient (Wildman–Crippen LogP) is 2.42. The van der Waals surface area contributed by atoms with Crippen LogP contribution in [0.4, 0.5) is 0 Å². The number of benzene rings is 1. The van der Waals surface area contributed by atoms with E-state index >= 15 is 0 Å². The van der Waals surface area contributed by atoms with E-state index in [1.54, 1.807) is 7.11 Å². The molecule has 0 aliphatic rings. The van der Waals surface area contributed by atoms with Crippen LogP contribution in [0.3, 0.4) is 0 Å². The van der Waals surface area contributed by atoms with E-state index in [1.165, 1.54) is 0 Å². The van der Waals surface area contributed by atoms with E-state index in [2.05, 4.69) is 5.32 Å². The van der Waals surface area contributed by atoms with Crippen LogP contribution in [0, 0.1) is 5.92 Å². The summed E-state index contributed by atoms with van der Waals surface area (Å²) in [5, 5.41) is 3.25. The van der Waals surface area contributed by atoms with Crippen LogP contribution in [-0.4, -0.2) is 33.6 Å². The second-order valence-corrected chi connectivity index (χ2v) is 7.51. The minimum atomic E-state index is -3.06. The summed E-state index contributed by atoms with van der Waals surface area (Å²) in [4.78, 5) is 0. The first-order valence-electron chi connectivity index (χ1n) is 6.95. The topological polar surface area (TPSA) is 55.4 Å². The fourth-order valence-corrected chi connectivity index (χ4v) is 4.16. The minimum absolute atomic E-state index is 0.130. The number of nitrogens with one attached hydrogen (secondary N) is 1. The van der Waals surface area contributed by atoms with Crippen molar-refractivity contribution in [3.63, 3.8) is 0 Å². The van der Waals surface area contributed by atoms with Crippen LogP contribution < -0.4 is 10.1 Å². The first kappa shape index (κ1) is 17.0. The van der Waals surface area contributed by atoms with Gasteiger partial charge in [0.05, 0.1) is 18.6 Å². The van der Waals surface area contributed by atoms with Gasteiger partial charge < -0.3 is 10.1 Å². The van der Waals surface area contributed by atoms with Crippen molar-refractivity contribution in [3.8, 4) is 5.75 Å². The summed E-state index contributed by atoms with van der Waals surface area (Å²) in [5.74, 6) is 1.28. The lowest BCUT2D eigenvalue weighted by molar-refractivity contribution is 0.414. The summed E-state index contributed by atoms with van der Waals surface area (Å²) in [5.41, 5.74) is 0.972. The smallest absolute Gasteiger partial charge is 0.152 e. The molecule has 1 aromatic rings. The van der Waals surface area contributed by atoms with E-state index < -0.39 is 9.84 Å². The average Bonchev–Trinajstić information content (AvgIpc) is 2.36. The fourth-order valence-electron chi connectivity index (χ4n) is 2.19. The molecule has 1 rings (SSSR count). The quantitative estimate of drug-likeness (QED) is 0.801. The summed E-state index contributed by atoms with van der Waals surface area (Å²) in [6.07, 6.45) is 0. The van der Waals surface area contributed by atoms with E-state index in [4.69, 9.17) is 4.74 Å². The average molecular weight is 299 g/mol. The molecule has 0 amide bonds. The van der Waals surface area contributed by atoms with Crippen LogP contribution >= 0.6 is 0 Å². The second kappa shape index (κ2) is 7.64. The summed E-state index contributed by atoms with van der Waals surface area (Å²) in [6, 6.07) is 7.37. The third-order valence-electron chi connectivity index (χ3n) is 2.98. The Balaban J connectivity index is 2.87. The van der Waals surface area contributed by atoms with Gasteiger partial charge in [0.15, 0.2) is 9.84 Å². The zero-order valence-corrected chi connectivity index (χ0v) is 13.5. The molecule has 4 nitrogen and oxygen atoms in total. The Hall–Kier alpha value is -1.07. The molecule has 0 spiro atoms. The number of methoxy groups -OCH3 is 1. The molecule has 20 heavy (non-hydrogen) atoms. The number of rotatable bonds is 8. The Labute approximate surface area is 122 Å². The van der Waals surface area contributed by atoms with Crippen molar-refractivity contribution < 1.29 is 13.2 Å². The number of hydrogen-bond acceptors (Lipinski definition) is 4. The minimum Gasteiger partial charge on any atom is -0.497 e. The maximum absolute atomic E-state index is 12.2. The molecule has 0 saturated heterocycles. The van der Waals surface area contributed by atoms with Crippen LogP contribution in [0.5, 0.6) is 5.75 Å². The summed E-state index contributed by atoms with van der Waals surface area (Å²) >= 11 is 0. The lowest BCUT2D eigenvalue weighted by atomic mass is 10.1. The van der Waals surface area contributed by atoms with Crippen molar-refractivity contribution in [3.05, 3.63) is 29.8 Å². The molecule has 0 bridgehead atoms. The van der Waals surface area contributed by atoms with Gasteiger partial charge in [0.1, 0.15) is 5.75 Å². The van der Waals surface area contributed by atoms with Gasteiger partial charge in [0.25, 0.3) is 0 Å². The van der Waals surface area contributed by atoms with E-state index in [1.807, 2.05) is 45.0 Å². The maximum Gasteiger partial charge on any atom is 0.152 e. The normalized spacial score (nSPS) is 13.4. The van der Waals surface area contributed by atoms with Gasteiger partial charge in [-0.05, 0) is 30.2 Å². The van der Waals surface area contributed by atoms with Gasteiger partial charge in [0.2, 0.25) is 0 Å². The van der Waals surface area contributed by atoms with Gasteiger partial charge in [0, 0.05) is 6.04 Å². The van der Waals surface area contributed by atoms with Crippen molar-refractivity contribution in [2.24, 2.45) is 5.92 Å². The summed E-state index contributed by atoms with van der Waals surface area (Å²) in [7, 11) is -1.44. The Morgan fingerprint density at radius 1 is 1.15 bits per heavy atom. The molecular formula is C15H25NO3S. The van der Waals surface area contributed by atoms with Gasteiger partial charge >= 0.3 is 0 Å². The van der Waals surface area contributed by atoms with Gasteiger partial charge in [-0.25, -0.2) is 8.42 Å². The van der Waals surface area contributed by atoms with Gasteiger partial charge in [-0.3, -0.25) is 0 Å². The highest BCUT2D eigenvalue weighted by molar-refractivity contribution is 7.91. The monoisotopic (exact) mass is 299 g/mol. The van der Waals surface area contributed by atoms with Crippen LogP contribution in [0.15, 0.2) is 24.3 Å². The van der Waals surface area contributed by atoms with E-state index in [0.717, 1.165) is 17.9 Å². The number of ether oxygens (including phenoxy) is 1. The maximum atomic E-state index is 12.2. The zero-order chi connectivity index (χ0) is 15.2. The third-order valence-corrected chi connectivity index (χ3v) is 4.99. The predicted molar refractivity (Wildman–Crippen MR) is 82.9 cm³/mol. The first-order chi connectivity index (χ1) is 9.38. The Morgan fingerprint density at radius 2 is 1.75 bits per heavy atom. The highest BCUT2D eigenvalue weighted by Crippen LogP contribution is 2.20. The zero-order valence-electron chi connectivity index (χ0n) is 12.7. The third kappa shape index (κ3) is 5.51. The molecule has 0 aliphatic carbocycles. The molecule has 1 atom stereocenters. The van der Waals surface area contributed by atoms with Gasteiger partial charge in [-0.15, -0.1) is 0 Å². The van der Waals surface area contributed by atoms with E-state index in [9.17, 15) is 8.42 Å². The SMILES string of the molecule is CCNC(CS(=O)(=O)CC(C)C)c1ccc(OC)cc1. The van der Waals surface area contributed by atoms with Crippen LogP contribution in [0.25, 0.3) is 0 Å². The van der Waals surface area contributed by atoms with Crippen LogP contribution in [-0.2, 0) is 9.84 Å². The van der Waals surface area contributed by atoms with Crippen LogP contribution in [0.1, 0.15) is 32.4 Å². The standard InChI is InChI=1S/C15H25NO3S/c1-5-16-15(11-20(17,18)10-12(2)3)13-6-8-14(19-4)9-7-13/h6-9,12,15-16H,5,10-11H2,1-4H3. The van der Waals surface area contributed by atoms with Crippen molar-refractivity contribution in [2.75, 3.05) is 25.2 Å². The molecule has 0 aromatic heterocycles. The number of sulfone groups is 1. The van der Waals surface area contributed by atoms with Crippen molar-refractivity contribution in [1.82, 2.24) is 5.32 Å². The van der Waals surface area contributed by atoms with Crippen LogP contribution in [0.2, 0.25) is 0 Å². The van der Waals surface area contributed by atoms with Gasteiger partial charge in [-0.2, -0.15) is 0 Å². The fraction of sp³-hybridized carbons (Fsp3) is 0.600. The lowest BCUT2D eigenvalue weighted by Gasteiger charge is -2.19. The molecule has 1 aromatic carbocycles. The Morgan fingerprint density at radius 3 is 2.20 bits per heavy atom. The lowest BCUT2D eigenvalue weighted by Crippen LogP contribution is -2.30. The molecule has 1 unspecified atom stereocenters. The Bertz CT molecular complexity index is 494. The highest BCUT2D eigenvalue weighted by Gasteiger charge is 2.21. The largest absolute Gasteiger partial charge is 0.497 e. The van der Waals surface area contributed by atoms with E-state index in [-0.39, 0.29) is 23.5 Å². The second-order valence-electron chi connectivity index (χ2n) is 5.35. The molecule has 0 aliphatic heterocycles. The summed E-state index contributed by atoms with van der Waals surface area (Å²) in [6.45, 7) is 6.56. The molecule has 0 saturated carbocycles. The van der Waals surface area contributed by atoms with Gasteiger partial charge in [-0.1, -0.05) is 32.9 Å². The van der Waals surface area contributed by atoms with E-state index in [0.29, 0.717) is 0 Å². The first-order valence-corrected chi connectivity index (χ1v) is 8.77. The summed E-state index contributed by atoms with van der Waals surface area (Å²) < 4.78 is 29.4. The van der Waals surface area contributed by atoms with Crippen molar-refractivity contribution >= 4 is 9.84 Å². The Kier molecular flexibility index (Phi) is 6.49. The van der Waals surface area contributed by atoms with Crippen molar-refractivity contribution in [2.45, 2.75) is 26.8 Å². The molecule has 0 fully saturated rings. The molecule has 0 heterocycles. The molecule has 114 valence electrons. The molecular weight excluding hydrogens is 274 g/mol. The highest BCUT2D eigenvalue weighted by atomic mass is 32.2. The molecule has 5 heteroatoms. The number of hydrogen-bond donors (Lipinski definition) is 1.